The summed E-state index contributed by atoms with van der Waals surface area (Å²) in [5.41, 5.74) is 0.915. The Bertz CT molecular complexity index is 1590. The predicted molar refractivity (Wildman–Crippen MR) is 124 cm³/mol. The number of para-hydroxylation sites is 2. The third kappa shape index (κ3) is 3.23. The molecule has 2 heterocycles. The van der Waals surface area contributed by atoms with Gasteiger partial charge in [0, 0.05) is 6.54 Å². The molecule has 9 heteroatoms. The molecular weight excluding hydrogens is 450 g/mol. The van der Waals surface area contributed by atoms with E-state index in [0.717, 1.165) is 12.0 Å². The third-order valence-corrected chi connectivity index (χ3v) is 7.76. The van der Waals surface area contributed by atoms with Crippen molar-refractivity contribution < 1.29 is 8.42 Å². The molecule has 0 saturated heterocycles. The average molecular weight is 468 g/mol. The summed E-state index contributed by atoms with van der Waals surface area (Å²) in [6.07, 6.45) is 1.52. The van der Waals surface area contributed by atoms with E-state index >= 15 is 0 Å². The SMILES string of the molecule is O=c1[nH]c(=O)n(-c2cc(S(=O)(=O)N3CCCc4ccccc43)ccc2Cl)c2ccccc12. The molecule has 0 saturated carbocycles. The molecule has 0 unspecified atom stereocenters. The van der Waals surface area contributed by atoms with Crippen LogP contribution in [0.15, 0.2) is 81.2 Å². The number of sulfonamides is 1. The second-order valence-corrected chi connectivity index (χ2v) is 9.80. The smallest absolute Gasteiger partial charge is 0.273 e. The van der Waals surface area contributed by atoms with Crippen molar-refractivity contribution in [2.75, 3.05) is 10.8 Å². The molecule has 0 spiro atoms. The maximum atomic E-state index is 13.6. The normalized spacial score (nSPS) is 13.8. The summed E-state index contributed by atoms with van der Waals surface area (Å²) in [6, 6.07) is 18.3. The molecule has 0 radical (unpaired) electrons. The van der Waals surface area contributed by atoms with Gasteiger partial charge in [0.25, 0.3) is 15.6 Å². The van der Waals surface area contributed by atoms with Crippen molar-refractivity contribution in [2.45, 2.75) is 17.7 Å². The Kier molecular flexibility index (Phi) is 4.91. The van der Waals surface area contributed by atoms with E-state index < -0.39 is 21.3 Å². The molecule has 0 aliphatic carbocycles. The summed E-state index contributed by atoms with van der Waals surface area (Å²) in [6.45, 7) is 0.360. The number of hydrogen-bond donors (Lipinski definition) is 1. The first-order valence-corrected chi connectivity index (χ1v) is 11.8. The fraction of sp³-hybridized carbons (Fsp3) is 0.130. The standard InChI is InChI=1S/C23H18ClN3O4S/c24-18-12-11-16(32(30,31)26-13-5-7-15-6-1-3-9-19(15)26)14-21(18)27-20-10-4-2-8-17(20)22(28)25-23(27)29/h1-4,6,8-12,14H,5,7,13H2,(H,25,28,29). The maximum Gasteiger partial charge on any atom is 0.333 e. The van der Waals surface area contributed by atoms with Crippen molar-refractivity contribution in [1.82, 2.24) is 9.55 Å². The Hall–Kier alpha value is -3.36. The largest absolute Gasteiger partial charge is 0.333 e. The lowest BCUT2D eigenvalue weighted by Gasteiger charge is -2.30. The number of nitrogens with zero attached hydrogens (tertiary/aromatic N) is 2. The zero-order chi connectivity index (χ0) is 22.5. The van der Waals surface area contributed by atoms with Crippen molar-refractivity contribution in [1.29, 1.82) is 0 Å². The van der Waals surface area contributed by atoms with Crippen molar-refractivity contribution in [3.63, 3.8) is 0 Å². The van der Waals surface area contributed by atoms with Gasteiger partial charge in [0.15, 0.2) is 0 Å². The van der Waals surface area contributed by atoms with Crippen molar-refractivity contribution in [3.05, 3.63) is 98.2 Å². The Morgan fingerprint density at radius 3 is 2.50 bits per heavy atom. The maximum absolute atomic E-state index is 13.6. The van der Waals surface area contributed by atoms with E-state index in [1.165, 1.54) is 27.1 Å². The highest BCUT2D eigenvalue weighted by atomic mass is 35.5. The molecule has 1 aliphatic rings. The number of rotatable bonds is 3. The van der Waals surface area contributed by atoms with E-state index in [-0.39, 0.29) is 15.6 Å². The molecule has 3 aromatic carbocycles. The fourth-order valence-corrected chi connectivity index (χ4v) is 5.89. The van der Waals surface area contributed by atoms with Crippen LogP contribution in [0.3, 0.4) is 0 Å². The molecule has 32 heavy (non-hydrogen) atoms. The molecule has 1 aromatic heterocycles. The highest BCUT2D eigenvalue weighted by Crippen LogP contribution is 2.33. The topological polar surface area (TPSA) is 92.2 Å². The lowest BCUT2D eigenvalue weighted by Crippen LogP contribution is -2.35. The van der Waals surface area contributed by atoms with Crippen LogP contribution in [0, 0.1) is 0 Å². The summed E-state index contributed by atoms with van der Waals surface area (Å²) in [5, 5.41) is 0.476. The quantitative estimate of drug-likeness (QED) is 0.499. The minimum Gasteiger partial charge on any atom is -0.273 e. The highest BCUT2D eigenvalue weighted by Gasteiger charge is 2.29. The molecule has 4 aromatic rings. The number of fused-ring (bicyclic) bond motifs is 2. The Morgan fingerprint density at radius 2 is 1.66 bits per heavy atom. The fourth-order valence-electron chi connectivity index (χ4n) is 4.13. The molecule has 0 bridgehead atoms. The number of aryl methyl sites for hydroxylation is 1. The van der Waals surface area contributed by atoms with Gasteiger partial charge in [-0.25, -0.2) is 13.2 Å². The monoisotopic (exact) mass is 467 g/mol. The minimum atomic E-state index is -3.91. The Morgan fingerprint density at radius 1 is 0.906 bits per heavy atom. The first kappa shape index (κ1) is 20.5. The van der Waals surface area contributed by atoms with Gasteiger partial charge in [-0.1, -0.05) is 41.9 Å². The number of benzene rings is 3. The third-order valence-electron chi connectivity index (χ3n) is 5.63. The molecule has 0 atom stereocenters. The van der Waals surface area contributed by atoms with Gasteiger partial charge >= 0.3 is 5.69 Å². The van der Waals surface area contributed by atoms with Crippen molar-refractivity contribution in [2.24, 2.45) is 0 Å². The van der Waals surface area contributed by atoms with Crippen LogP contribution in [-0.2, 0) is 16.4 Å². The Labute approximate surface area is 188 Å². The summed E-state index contributed by atoms with van der Waals surface area (Å²) in [5.74, 6) is 0. The second kappa shape index (κ2) is 7.65. The average Bonchev–Trinajstić information content (AvgIpc) is 2.79. The predicted octanol–water partition coefficient (Wildman–Crippen LogP) is 3.47. The number of aromatic amines is 1. The number of H-pyrrole nitrogens is 1. The summed E-state index contributed by atoms with van der Waals surface area (Å²) in [7, 11) is -3.91. The first-order chi connectivity index (χ1) is 15.4. The Balaban J connectivity index is 1.71. The lowest BCUT2D eigenvalue weighted by atomic mass is 10.0. The van der Waals surface area contributed by atoms with Gasteiger partial charge in [-0.2, -0.15) is 0 Å². The van der Waals surface area contributed by atoms with Crippen LogP contribution in [0.25, 0.3) is 16.6 Å². The van der Waals surface area contributed by atoms with Gasteiger partial charge in [0.05, 0.1) is 32.2 Å². The van der Waals surface area contributed by atoms with E-state index in [9.17, 15) is 18.0 Å². The van der Waals surface area contributed by atoms with Gasteiger partial charge in [0.1, 0.15) is 0 Å². The zero-order valence-electron chi connectivity index (χ0n) is 16.8. The molecule has 0 amide bonds. The molecule has 1 N–H and O–H groups in total. The van der Waals surface area contributed by atoms with E-state index in [1.54, 1.807) is 30.3 Å². The number of hydrogen-bond acceptors (Lipinski definition) is 4. The van der Waals surface area contributed by atoms with Crippen LogP contribution in [-0.4, -0.2) is 24.5 Å². The highest BCUT2D eigenvalue weighted by molar-refractivity contribution is 7.92. The van der Waals surface area contributed by atoms with E-state index in [0.29, 0.717) is 29.6 Å². The molecule has 5 rings (SSSR count). The summed E-state index contributed by atoms with van der Waals surface area (Å²) < 4.78 is 29.8. The van der Waals surface area contributed by atoms with Gasteiger partial charge in [0.2, 0.25) is 0 Å². The summed E-state index contributed by atoms with van der Waals surface area (Å²) in [4.78, 5) is 27.2. The minimum absolute atomic E-state index is 0.00999. The molecule has 7 nitrogen and oxygen atoms in total. The van der Waals surface area contributed by atoms with Gasteiger partial charge in [-0.15, -0.1) is 0 Å². The number of aromatic nitrogens is 2. The van der Waals surface area contributed by atoms with Crippen LogP contribution >= 0.6 is 11.6 Å². The molecule has 1 aliphatic heterocycles. The summed E-state index contributed by atoms with van der Waals surface area (Å²) >= 11 is 6.40. The zero-order valence-corrected chi connectivity index (χ0v) is 18.4. The van der Waals surface area contributed by atoms with E-state index in [1.807, 2.05) is 18.2 Å². The van der Waals surface area contributed by atoms with Crippen LogP contribution in [0.1, 0.15) is 12.0 Å². The van der Waals surface area contributed by atoms with Crippen molar-refractivity contribution >= 4 is 38.2 Å². The van der Waals surface area contributed by atoms with Crippen LogP contribution < -0.4 is 15.6 Å². The lowest BCUT2D eigenvalue weighted by molar-refractivity contribution is 0.586. The molecule has 0 fully saturated rings. The van der Waals surface area contributed by atoms with E-state index in [4.69, 9.17) is 11.6 Å². The van der Waals surface area contributed by atoms with Gasteiger partial charge in [-0.05, 0) is 54.8 Å². The van der Waals surface area contributed by atoms with Crippen LogP contribution in [0.4, 0.5) is 5.69 Å². The van der Waals surface area contributed by atoms with Gasteiger partial charge in [-0.3, -0.25) is 18.7 Å². The molecule has 162 valence electrons. The van der Waals surface area contributed by atoms with Gasteiger partial charge < -0.3 is 0 Å². The molecular formula is C23H18ClN3O4S. The van der Waals surface area contributed by atoms with Crippen LogP contribution in [0.5, 0.6) is 0 Å². The first-order valence-electron chi connectivity index (χ1n) is 10.0. The van der Waals surface area contributed by atoms with Crippen molar-refractivity contribution in [3.8, 4) is 5.69 Å². The second-order valence-electron chi connectivity index (χ2n) is 7.53. The number of nitrogens with one attached hydrogen (secondary N) is 1. The van der Waals surface area contributed by atoms with Crippen LogP contribution in [0.2, 0.25) is 5.02 Å². The van der Waals surface area contributed by atoms with E-state index in [2.05, 4.69) is 4.98 Å². The number of anilines is 1. The number of halogens is 1.